The molecule has 3 atom stereocenters. The van der Waals surface area contributed by atoms with Gasteiger partial charge in [-0.3, -0.25) is 9.20 Å². The van der Waals surface area contributed by atoms with Crippen molar-refractivity contribution in [2.75, 3.05) is 13.7 Å². The third-order valence-corrected chi connectivity index (χ3v) is 6.35. The number of carbonyl (C=O) groups excluding carboxylic acids is 1. The first-order chi connectivity index (χ1) is 11.7. The van der Waals surface area contributed by atoms with E-state index in [2.05, 4.69) is 14.9 Å². The maximum atomic E-state index is 12.9. The Labute approximate surface area is 144 Å². The van der Waals surface area contributed by atoms with Gasteiger partial charge in [0.05, 0.1) is 23.8 Å². The Morgan fingerprint density at radius 3 is 2.92 bits per heavy atom. The Kier molecular flexibility index (Phi) is 3.01. The number of aromatic nitrogens is 3. The Bertz CT molecular complexity index is 831. The van der Waals surface area contributed by atoms with Crippen molar-refractivity contribution in [3.63, 3.8) is 0 Å². The predicted octanol–water partition coefficient (Wildman–Crippen LogP) is 2.27. The highest BCUT2D eigenvalue weighted by Gasteiger charge is 2.67. The largest absolute Gasteiger partial charge is 0.378 e. The molecule has 2 aromatic heterocycles. The lowest BCUT2D eigenvalue weighted by Gasteiger charge is -2.36. The summed E-state index contributed by atoms with van der Waals surface area (Å²) in [6.45, 7) is 0.712. The number of nitrogens with zero attached hydrogens (tertiary/aromatic N) is 4. The maximum Gasteiger partial charge on any atom is 0.231 e. The topological polar surface area (TPSA) is 59.7 Å². The van der Waals surface area contributed by atoms with Crippen LogP contribution in [-0.4, -0.2) is 51.0 Å². The lowest BCUT2D eigenvalue weighted by Crippen LogP contribution is -2.44. The maximum absolute atomic E-state index is 12.9. The zero-order chi connectivity index (χ0) is 16.5. The number of piperidine rings is 1. The molecule has 2 aromatic rings. The lowest BCUT2D eigenvalue weighted by molar-refractivity contribution is -0.134. The smallest absolute Gasteiger partial charge is 0.231 e. The van der Waals surface area contributed by atoms with Gasteiger partial charge in [0.1, 0.15) is 11.3 Å². The van der Waals surface area contributed by atoms with Crippen LogP contribution in [0.15, 0.2) is 18.6 Å². The van der Waals surface area contributed by atoms with Crippen molar-refractivity contribution in [1.29, 1.82) is 0 Å². The molecule has 24 heavy (non-hydrogen) atoms. The van der Waals surface area contributed by atoms with E-state index in [0.29, 0.717) is 11.7 Å². The SMILES string of the molecule is COC1C2CCC(c3ncc4c(Cl)nccn34)CN2C(=O)C12CC2. The number of amides is 1. The number of halogens is 1. The summed E-state index contributed by atoms with van der Waals surface area (Å²) in [5.41, 5.74) is 0.591. The van der Waals surface area contributed by atoms with Crippen LogP contribution in [0.2, 0.25) is 5.15 Å². The zero-order valence-corrected chi connectivity index (χ0v) is 14.2. The van der Waals surface area contributed by atoms with Crippen LogP contribution in [0.25, 0.3) is 5.52 Å². The van der Waals surface area contributed by atoms with E-state index in [-0.39, 0.29) is 29.4 Å². The van der Waals surface area contributed by atoms with Crippen molar-refractivity contribution in [3.05, 3.63) is 29.6 Å². The molecule has 0 aromatic carbocycles. The summed E-state index contributed by atoms with van der Waals surface area (Å²) in [5.74, 6) is 1.47. The molecule has 1 spiro atoms. The molecular weight excluding hydrogens is 328 g/mol. The summed E-state index contributed by atoms with van der Waals surface area (Å²) in [6, 6.07) is 0.220. The van der Waals surface area contributed by atoms with Gasteiger partial charge in [-0.15, -0.1) is 0 Å². The first-order valence-corrected chi connectivity index (χ1v) is 8.85. The Hall–Kier alpha value is -1.66. The number of ether oxygens (including phenoxy) is 1. The normalized spacial score (nSPS) is 31.0. The van der Waals surface area contributed by atoms with E-state index in [9.17, 15) is 4.79 Å². The van der Waals surface area contributed by atoms with Gasteiger partial charge in [-0.25, -0.2) is 9.97 Å². The van der Waals surface area contributed by atoms with Crippen molar-refractivity contribution >= 4 is 23.0 Å². The fourth-order valence-corrected chi connectivity index (χ4v) is 4.96. The van der Waals surface area contributed by atoms with E-state index in [1.807, 2.05) is 10.6 Å². The van der Waals surface area contributed by atoms with Gasteiger partial charge < -0.3 is 9.64 Å². The highest BCUT2D eigenvalue weighted by atomic mass is 35.5. The number of rotatable bonds is 2. The summed E-state index contributed by atoms with van der Waals surface area (Å²) < 4.78 is 7.73. The molecule has 3 unspecified atom stereocenters. The number of hydrogen-bond acceptors (Lipinski definition) is 4. The van der Waals surface area contributed by atoms with Gasteiger partial charge in [0.2, 0.25) is 5.91 Å². The van der Waals surface area contributed by atoms with E-state index >= 15 is 0 Å². The van der Waals surface area contributed by atoms with E-state index in [1.54, 1.807) is 19.5 Å². The van der Waals surface area contributed by atoms with E-state index in [0.717, 1.165) is 37.0 Å². The number of methoxy groups -OCH3 is 1. The van der Waals surface area contributed by atoms with Gasteiger partial charge in [-0.2, -0.15) is 0 Å². The molecule has 3 fully saturated rings. The second-order valence-electron chi connectivity index (χ2n) is 7.20. The van der Waals surface area contributed by atoms with Crippen LogP contribution in [0.5, 0.6) is 0 Å². The highest BCUT2D eigenvalue weighted by Crippen LogP contribution is 2.58. The van der Waals surface area contributed by atoms with Crippen molar-refractivity contribution in [2.24, 2.45) is 5.41 Å². The van der Waals surface area contributed by atoms with Crippen LogP contribution >= 0.6 is 11.6 Å². The minimum atomic E-state index is -0.226. The molecule has 1 aliphatic carbocycles. The van der Waals surface area contributed by atoms with E-state index in [1.165, 1.54) is 0 Å². The Morgan fingerprint density at radius 1 is 1.33 bits per heavy atom. The van der Waals surface area contributed by atoms with Crippen LogP contribution in [0.4, 0.5) is 0 Å². The number of hydrogen-bond donors (Lipinski definition) is 0. The second kappa shape index (κ2) is 4.92. The second-order valence-corrected chi connectivity index (χ2v) is 7.56. The molecule has 2 saturated heterocycles. The third kappa shape index (κ3) is 1.78. The lowest BCUT2D eigenvalue weighted by atomic mass is 9.89. The molecule has 4 heterocycles. The molecule has 2 aliphatic heterocycles. The van der Waals surface area contributed by atoms with Gasteiger partial charge >= 0.3 is 0 Å². The molecule has 126 valence electrons. The quantitative estimate of drug-likeness (QED) is 0.837. The van der Waals surface area contributed by atoms with E-state index in [4.69, 9.17) is 16.3 Å². The first kappa shape index (κ1) is 14.7. The molecule has 7 heteroatoms. The van der Waals surface area contributed by atoms with Gasteiger partial charge in [0.15, 0.2) is 5.15 Å². The zero-order valence-electron chi connectivity index (χ0n) is 13.5. The van der Waals surface area contributed by atoms with E-state index < -0.39 is 0 Å². The number of carbonyl (C=O) groups is 1. The van der Waals surface area contributed by atoms with Crippen LogP contribution in [0.1, 0.15) is 37.4 Å². The minimum absolute atomic E-state index is 0.0570. The summed E-state index contributed by atoms with van der Waals surface area (Å²) in [6.07, 6.45) is 9.30. The average molecular weight is 347 g/mol. The molecule has 0 radical (unpaired) electrons. The Morgan fingerprint density at radius 2 is 2.17 bits per heavy atom. The molecule has 1 amide bonds. The van der Waals surface area contributed by atoms with Crippen LogP contribution < -0.4 is 0 Å². The van der Waals surface area contributed by atoms with Gasteiger partial charge in [-0.05, 0) is 25.7 Å². The summed E-state index contributed by atoms with van der Waals surface area (Å²) in [7, 11) is 1.74. The molecule has 0 N–H and O–H groups in total. The van der Waals surface area contributed by atoms with Crippen molar-refractivity contribution in [3.8, 4) is 0 Å². The Balaban J connectivity index is 1.48. The summed E-state index contributed by atoms with van der Waals surface area (Å²) in [4.78, 5) is 23.7. The molecule has 1 saturated carbocycles. The van der Waals surface area contributed by atoms with Crippen LogP contribution in [0.3, 0.4) is 0 Å². The standard InChI is InChI=1S/C17H19ClN4O2/c1-24-13-11-3-2-10(9-22(11)16(23)17(13)4-5-17)15-20-8-12-14(18)19-6-7-21(12)15/h6-8,10-11,13H,2-5,9H2,1H3. The highest BCUT2D eigenvalue weighted by molar-refractivity contribution is 6.32. The van der Waals surface area contributed by atoms with Crippen molar-refractivity contribution < 1.29 is 9.53 Å². The molecule has 5 rings (SSSR count). The third-order valence-electron chi connectivity index (χ3n) is 6.06. The number of fused-ring (bicyclic) bond motifs is 2. The fourth-order valence-electron chi connectivity index (χ4n) is 4.76. The number of imidazole rings is 1. The van der Waals surface area contributed by atoms with Gasteiger partial charge in [-0.1, -0.05) is 11.6 Å². The molecular formula is C17H19ClN4O2. The monoisotopic (exact) mass is 346 g/mol. The van der Waals surface area contributed by atoms with Gasteiger partial charge in [0.25, 0.3) is 0 Å². The minimum Gasteiger partial charge on any atom is -0.378 e. The summed E-state index contributed by atoms with van der Waals surface area (Å²) in [5, 5.41) is 0.457. The first-order valence-electron chi connectivity index (χ1n) is 8.47. The average Bonchev–Trinajstić information content (AvgIpc) is 3.20. The summed E-state index contributed by atoms with van der Waals surface area (Å²) >= 11 is 6.15. The molecule has 6 nitrogen and oxygen atoms in total. The van der Waals surface area contributed by atoms with Crippen molar-refractivity contribution in [2.45, 2.75) is 43.7 Å². The van der Waals surface area contributed by atoms with Crippen LogP contribution in [0, 0.1) is 5.41 Å². The molecule has 0 bridgehead atoms. The molecule has 3 aliphatic rings. The van der Waals surface area contributed by atoms with Crippen molar-refractivity contribution in [1.82, 2.24) is 19.3 Å². The van der Waals surface area contributed by atoms with Crippen LogP contribution in [-0.2, 0) is 9.53 Å². The fraction of sp³-hybridized carbons (Fsp3) is 0.588. The predicted molar refractivity (Wildman–Crippen MR) is 87.9 cm³/mol. The van der Waals surface area contributed by atoms with Gasteiger partial charge in [0, 0.05) is 32.0 Å².